The van der Waals surface area contributed by atoms with Crippen molar-refractivity contribution in [2.24, 2.45) is 0 Å². The normalized spacial score (nSPS) is 16.9. The molecule has 0 spiro atoms. The van der Waals surface area contributed by atoms with Crippen LogP contribution in [0.2, 0.25) is 0 Å². The summed E-state index contributed by atoms with van der Waals surface area (Å²) in [4.78, 5) is 14.0. The summed E-state index contributed by atoms with van der Waals surface area (Å²) in [7, 11) is 0. The third kappa shape index (κ3) is 1.97. The second kappa shape index (κ2) is 4.76. The zero-order valence-electron chi connectivity index (χ0n) is 10.7. The van der Waals surface area contributed by atoms with Crippen molar-refractivity contribution in [3.8, 4) is 0 Å². The number of hydrogen-bond acceptors (Lipinski definition) is 3. The molecular weight excluding hydrogens is 238 g/mol. The third-order valence-corrected chi connectivity index (χ3v) is 3.38. The van der Waals surface area contributed by atoms with Crippen LogP contribution in [0.5, 0.6) is 0 Å². The van der Waals surface area contributed by atoms with Gasteiger partial charge < -0.3 is 9.64 Å². The predicted octanol–water partition coefficient (Wildman–Crippen LogP) is 3.38. The first kappa shape index (κ1) is 11.8. The largest absolute Gasteiger partial charge is 0.434 e. The average molecular weight is 253 g/mol. The van der Waals surface area contributed by atoms with Crippen molar-refractivity contribution in [1.82, 2.24) is 0 Å². The molecule has 0 fully saturated rings. The minimum absolute atomic E-state index is 0.241. The Kier molecular flexibility index (Phi) is 2.95. The van der Waals surface area contributed by atoms with Crippen LogP contribution < -0.4 is 4.90 Å². The number of benzene rings is 2. The van der Waals surface area contributed by atoms with Gasteiger partial charge in [-0.1, -0.05) is 36.4 Å². The standard InChI is InChI=1S/C16H15NO2/c1-2-17(12-8-4-3-5-9-12)15-13-10-6-7-11-14(13)16(18)19-15/h3-11,15H,2H2,1H3/t15-/m1/s1. The van der Waals surface area contributed by atoms with Crippen molar-refractivity contribution >= 4 is 11.7 Å². The lowest BCUT2D eigenvalue weighted by molar-refractivity contribution is 0.0380. The Balaban J connectivity index is 2.01. The first-order valence-electron chi connectivity index (χ1n) is 6.43. The molecule has 0 radical (unpaired) electrons. The van der Waals surface area contributed by atoms with Gasteiger partial charge in [0.15, 0.2) is 0 Å². The van der Waals surface area contributed by atoms with Crippen LogP contribution in [0.4, 0.5) is 5.69 Å². The van der Waals surface area contributed by atoms with Crippen LogP contribution in [-0.4, -0.2) is 12.5 Å². The maximum Gasteiger partial charge on any atom is 0.340 e. The van der Waals surface area contributed by atoms with Crippen LogP contribution in [0.3, 0.4) is 0 Å². The summed E-state index contributed by atoms with van der Waals surface area (Å²) in [5, 5.41) is 0. The van der Waals surface area contributed by atoms with E-state index in [2.05, 4.69) is 11.8 Å². The highest BCUT2D eigenvalue weighted by molar-refractivity contribution is 5.94. The lowest BCUT2D eigenvalue weighted by Gasteiger charge is -2.29. The van der Waals surface area contributed by atoms with E-state index in [1.54, 1.807) is 0 Å². The molecule has 0 saturated heterocycles. The van der Waals surface area contributed by atoms with E-state index in [0.717, 1.165) is 17.8 Å². The monoisotopic (exact) mass is 253 g/mol. The molecular formula is C16H15NO2. The van der Waals surface area contributed by atoms with E-state index < -0.39 is 0 Å². The quantitative estimate of drug-likeness (QED) is 0.785. The maximum atomic E-state index is 11.9. The fraction of sp³-hybridized carbons (Fsp3) is 0.188. The first-order valence-corrected chi connectivity index (χ1v) is 6.43. The van der Waals surface area contributed by atoms with Crippen molar-refractivity contribution in [3.63, 3.8) is 0 Å². The molecule has 0 amide bonds. The molecule has 0 bridgehead atoms. The van der Waals surface area contributed by atoms with Crippen LogP contribution >= 0.6 is 0 Å². The van der Waals surface area contributed by atoms with E-state index in [1.165, 1.54) is 0 Å². The van der Waals surface area contributed by atoms with Gasteiger partial charge in [0.25, 0.3) is 0 Å². The van der Waals surface area contributed by atoms with E-state index in [0.29, 0.717) is 5.56 Å². The zero-order chi connectivity index (χ0) is 13.2. The van der Waals surface area contributed by atoms with Crippen LogP contribution in [0.1, 0.15) is 29.1 Å². The van der Waals surface area contributed by atoms with Gasteiger partial charge in [-0.3, -0.25) is 0 Å². The Bertz CT molecular complexity index is 595. The van der Waals surface area contributed by atoms with E-state index in [9.17, 15) is 4.79 Å². The van der Waals surface area contributed by atoms with E-state index in [4.69, 9.17) is 4.74 Å². The van der Waals surface area contributed by atoms with Crippen molar-refractivity contribution in [2.45, 2.75) is 13.2 Å². The summed E-state index contributed by atoms with van der Waals surface area (Å²) < 4.78 is 5.53. The number of nitrogens with zero attached hydrogens (tertiary/aromatic N) is 1. The van der Waals surface area contributed by atoms with Crippen molar-refractivity contribution in [2.75, 3.05) is 11.4 Å². The van der Waals surface area contributed by atoms with Gasteiger partial charge in [-0.25, -0.2) is 4.79 Å². The topological polar surface area (TPSA) is 29.5 Å². The third-order valence-electron chi connectivity index (χ3n) is 3.38. The highest BCUT2D eigenvalue weighted by Crippen LogP contribution is 2.35. The van der Waals surface area contributed by atoms with E-state index in [1.807, 2.05) is 54.6 Å². The molecule has 0 N–H and O–H groups in total. The molecule has 96 valence electrons. The summed E-state index contributed by atoms with van der Waals surface area (Å²) in [6.45, 7) is 2.83. The van der Waals surface area contributed by atoms with Crippen molar-refractivity contribution in [3.05, 3.63) is 65.7 Å². The number of para-hydroxylation sites is 1. The average Bonchev–Trinajstić information content (AvgIpc) is 2.79. The summed E-state index contributed by atoms with van der Waals surface area (Å²) in [6.07, 6.45) is -0.323. The van der Waals surface area contributed by atoms with E-state index in [-0.39, 0.29) is 12.2 Å². The maximum absolute atomic E-state index is 11.9. The molecule has 3 heteroatoms. The Morgan fingerprint density at radius 1 is 1.05 bits per heavy atom. The van der Waals surface area contributed by atoms with E-state index >= 15 is 0 Å². The molecule has 3 nitrogen and oxygen atoms in total. The van der Waals surface area contributed by atoms with Gasteiger partial charge >= 0.3 is 5.97 Å². The molecule has 2 aromatic rings. The molecule has 1 aliphatic heterocycles. The Hall–Kier alpha value is -2.29. The number of fused-ring (bicyclic) bond motifs is 1. The van der Waals surface area contributed by atoms with Crippen LogP contribution in [0, 0.1) is 0 Å². The number of carbonyl (C=O) groups excluding carboxylic acids is 1. The van der Waals surface area contributed by atoms with Gasteiger partial charge in [0.2, 0.25) is 6.23 Å². The SMILES string of the molecule is CCN(c1ccccc1)[C@@H]1OC(=O)c2ccccc21. The molecule has 0 saturated carbocycles. The molecule has 2 aromatic carbocycles. The van der Waals surface area contributed by atoms with Gasteiger partial charge in [-0.2, -0.15) is 0 Å². The van der Waals surface area contributed by atoms with Gasteiger partial charge in [0.1, 0.15) is 0 Å². The highest BCUT2D eigenvalue weighted by atomic mass is 16.6. The Morgan fingerprint density at radius 3 is 2.47 bits per heavy atom. The molecule has 1 aliphatic rings. The first-order chi connectivity index (χ1) is 9.31. The van der Waals surface area contributed by atoms with Gasteiger partial charge in [0.05, 0.1) is 5.56 Å². The molecule has 19 heavy (non-hydrogen) atoms. The minimum Gasteiger partial charge on any atom is -0.434 e. The second-order valence-electron chi connectivity index (χ2n) is 4.47. The summed E-state index contributed by atoms with van der Waals surface area (Å²) in [5.41, 5.74) is 2.67. The lowest BCUT2D eigenvalue weighted by atomic mass is 10.1. The summed E-state index contributed by atoms with van der Waals surface area (Å²) in [6, 6.07) is 17.6. The zero-order valence-corrected chi connectivity index (χ0v) is 10.7. The fourth-order valence-electron chi connectivity index (χ4n) is 2.46. The second-order valence-corrected chi connectivity index (χ2v) is 4.47. The van der Waals surface area contributed by atoms with Gasteiger partial charge in [-0.05, 0) is 25.1 Å². The molecule has 3 rings (SSSR count). The number of carbonyl (C=O) groups is 1. The smallest absolute Gasteiger partial charge is 0.340 e. The number of rotatable bonds is 3. The minimum atomic E-state index is -0.323. The van der Waals surface area contributed by atoms with Crippen LogP contribution in [0.15, 0.2) is 54.6 Å². The summed E-state index contributed by atoms with van der Waals surface area (Å²) >= 11 is 0. The molecule has 0 aromatic heterocycles. The van der Waals surface area contributed by atoms with Gasteiger partial charge in [0, 0.05) is 17.8 Å². The van der Waals surface area contributed by atoms with Gasteiger partial charge in [-0.15, -0.1) is 0 Å². The van der Waals surface area contributed by atoms with Crippen LogP contribution in [0.25, 0.3) is 0 Å². The van der Waals surface area contributed by atoms with Crippen molar-refractivity contribution in [1.29, 1.82) is 0 Å². The number of ether oxygens (including phenoxy) is 1. The fourth-order valence-corrected chi connectivity index (χ4v) is 2.46. The number of cyclic esters (lactones) is 1. The Labute approximate surface area is 112 Å². The number of esters is 1. The molecule has 1 atom stereocenters. The molecule has 1 heterocycles. The highest BCUT2D eigenvalue weighted by Gasteiger charge is 2.34. The van der Waals surface area contributed by atoms with Crippen LogP contribution in [-0.2, 0) is 4.74 Å². The molecule has 0 unspecified atom stereocenters. The van der Waals surface area contributed by atoms with Crippen molar-refractivity contribution < 1.29 is 9.53 Å². The summed E-state index contributed by atoms with van der Waals surface area (Å²) in [5.74, 6) is -0.241. The molecule has 0 aliphatic carbocycles. The number of hydrogen-bond donors (Lipinski definition) is 0. The Morgan fingerprint density at radius 2 is 1.74 bits per heavy atom. The predicted molar refractivity (Wildman–Crippen MR) is 74.1 cm³/mol. The number of anilines is 1. The lowest BCUT2D eigenvalue weighted by Crippen LogP contribution is -2.28.